The molecule has 0 saturated heterocycles. The predicted octanol–water partition coefficient (Wildman–Crippen LogP) is 3.34. The molecule has 16 heavy (non-hydrogen) atoms. The summed E-state index contributed by atoms with van der Waals surface area (Å²) >= 11 is 0. The molecule has 0 aromatic heterocycles. The van der Waals surface area contributed by atoms with Gasteiger partial charge in [-0.25, -0.2) is 0 Å². The van der Waals surface area contributed by atoms with Crippen molar-refractivity contribution in [3.63, 3.8) is 0 Å². The van der Waals surface area contributed by atoms with Gasteiger partial charge in [-0.2, -0.15) is 0 Å². The number of aliphatic hydroxyl groups is 1. The summed E-state index contributed by atoms with van der Waals surface area (Å²) in [4.78, 5) is 0. The monoisotopic (exact) mass is 229 g/mol. The van der Waals surface area contributed by atoms with Crippen LogP contribution < -0.4 is 5.32 Å². The molecule has 0 aliphatic rings. The van der Waals surface area contributed by atoms with E-state index in [4.69, 9.17) is 0 Å². The van der Waals surface area contributed by atoms with Gasteiger partial charge in [-0.05, 0) is 32.2 Å². The van der Waals surface area contributed by atoms with Crippen LogP contribution in [0.4, 0.5) is 0 Å². The molecule has 98 valence electrons. The highest BCUT2D eigenvalue weighted by atomic mass is 16.3. The fourth-order valence-electron chi connectivity index (χ4n) is 2.12. The van der Waals surface area contributed by atoms with Gasteiger partial charge in [0.15, 0.2) is 0 Å². The summed E-state index contributed by atoms with van der Waals surface area (Å²) in [5.74, 6) is 0.775. The van der Waals surface area contributed by atoms with Gasteiger partial charge in [0.05, 0.1) is 5.60 Å². The molecule has 2 nitrogen and oxygen atoms in total. The Morgan fingerprint density at radius 2 is 1.88 bits per heavy atom. The third kappa shape index (κ3) is 8.12. The topological polar surface area (TPSA) is 32.3 Å². The highest BCUT2D eigenvalue weighted by Crippen LogP contribution is 2.13. The van der Waals surface area contributed by atoms with Crippen LogP contribution in [-0.4, -0.2) is 23.8 Å². The summed E-state index contributed by atoms with van der Waals surface area (Å²) < 4.78 is 0. The Kier molecular flexibility index (Phi) is 8.96. The second kappa shape index (κ2) is 9.00. The zero-order valence-electron chi connectivity index (χ0n) is 11.7. The van der Waals surface area contributed by atoms with Gasteiger partial charge in [0, 0.05) is 6.54 Å². The van der Waals surface area contributed by atoms with Crippen LogP contribution in [-0.2, 0) is 0 Å². The highest BCUT2D eigenvalue weighted by molar-refractivity contribution is 4.75. The van der Waals surface area contributed by atoms with Crippen LogP contribution in [0.25, 0.3) is 0 Å². The van der Waals surface area contributed by atoms with Gasteiger partial charge in [0.2, 0.25) is 0 Å². The van der Waals surface area contributed by atoms with E-state index in [1.54, 1.807) is 0 Å². The van der Waals surface area contributed by atoms with Crippen molar-refractivity contribution in [3.05, 3.63) is 0 Å². The first-order valence-corrected chi connectivity index (χ1v) is 6.98. The Hall–Kier alpha value is -0.0800. The molecule has 0 spiro atoms. The maximum absolute atomic E-state index is 10.0. The molecule has 0 amide bonds. The zero-order valence-corrected chi connectivity index (χ0v) is 11.7. The van der Waals surface area contributed by atoms with Crippen LogP contribution in [0, 0.1) is 5.92 Å². The standard InChI is InChI=1S/C14H31NO/c1-5-8-9-13(7-3)11-15-12-14(4,16)10-6-2/h13,15-16H,5-12H2,1-4H3. The van der Waals surface area contributed by atoms with Crippen LogP contribution in [0.2, 0.25) is 0 Å². The second-order valence-corrected chi connectivity index (χ2v) is 5.29. The molecule has 0 rings (SSSR count). The summed E-state index contributed by atoms with van der Waals surface area (Å²) in [5, 5.41) is 13.4. The Bertz CT molecular complexity index is 157. The van der Waals surface area contributed by atoms with E-state index in [9.17, 15) is 5.11 Å². The quantitative estimate of drug-likeness (QED) is 0.602. The fourth-order valence-corrected chi connectivity index (χ4v) is 2.12. The smallest absolute Gasteiger partial charge is 0.0743 e. The fraction of sp³-hybridized carbons (Fsp3) is 1.00. The van der Waals surface area contributed by atoms with Gasteiger partial charge in [-0.15, -0.1) is 0 Å². The Labute approximate surface area is 102 Å². The minimum absolute atomic E-state index is 0.530. The second-order valence-electron chi connectivity index (χ2n) is 5.29. The van der Waals surface area contributed by atoms with Crippen molar-refractivity contribution in [1.82, 2.24) is 5.32 Å². The number of hydrogen-bond acceptors (Lipinski definition) is 2. The molecule has 0 aliphatic carbocycles. The van der Waals surface area contributed by atoms with Gasteiger partial charge in [0.25, 0.3) is 0 Å². The molecule has 0 fully saturated rings. The average molecular weight is 229 g/mol. The van der Waals surface area contributed by atoms with Crippen molar-refractivity contribution >= 4 is 0 Å². The lowest BCUT2D eigenvalue weighted by molar-refractivity contribution is 0.0490. The van der Waals surface area contributed by atoms with E-state index in [-0.39, 0.29) is 0 Å². The first-order chi connectivity index (χ1) is 7.55. The predicted molar refractivity (Wildman–Crippen MR) is 71.7 cm³/mol. The zero-order chi connectivity index (χ0) is 12.4. The van der Waals surface area contributed by atoms with E-state index in [0.717, 1.165) is 31.8 Å². The van der Waals surface area contributed by atoms with Crippen LogP contribution >= 0.6 is 0 Å². The molecule has 2 atom stereocenters. The Morgan fingerprint density at radius 3 is 2.38 bits per heavy atom. The van der Waals surface area contributed by atoms with Crippen LogP contribution in [0.5, 0.6) is 0 Å². The average Bonchev–Trinajstić information content (AvgIpc) is 2.22. The lowest BCUT2D eigenvalue weighted by Gasteiger charge is -2.24. The summed E-state index contributed by atoms with van der Waals surface area (Å²) in [6.45, 7) is 10.3. The first kappa shape index (κ1) is 15.9. The minimum Gasteiger partial charge on any atom is -0.389 e. The van der Waals surface area contributed by atoms with Crippen molar-refractivity contribution in [3.8, 4) is 0 Å². The highest BCUT2D eigenvalue weighted by Gasteiger charge is 2.18. The lowest BCUT2D eigenvalue weighted by Crippen LogP contribution is -2.39. The molecule has 0 heterocycles. The number of unbranched alkanes of at least 4 members (excludes halogenated alkanes) is 1. The van der Waals surface area contributed by atoms with E-state index < -0.39 is 5.60 Å². The third-order valence-corrected chi connectivity index (χ3v) is 3.27. The Morgan fingerprint density at radius 1 is 1.19 bits per heavy atom. The third-order valence-electron chi connectivity index (χ3n) is 3.27. The van der Waals surface area contributed by atoms with E-state index >= 15 is 0 Å². The summed E-state index contributed by atoms with van der Waals surface area (Å²) in [5.41, 5.74) is -0.530. The molecule has 0 aromatic rings. The normalized spacial score (nSPS) is 17.1. The van der Waals surface area contributed by atoms with Crippen LogP contribution in [0.1, 0.15) is 66.2 Å². The van der Waals surface area contributed by atoms with Crippen molar-refractivity contribution in [2.24, 2.45) is 5.92 Å². The maximum Gasteiger partial charge on any atom is 0.0743 e. The molecular weight excluding hydrogens is 198 g/mol. The number of hydrogen-bond donors (Lipinski definition) is 2. The summed E-state index contributed by atoms with van der Waals surface area (Å²) in [7, 11) is 0. The van der Waals surface area contributed by atoms with Crippen molar-refractivity contribution < 1.29 is 5.11 Å². The van der Waals surface area contributed by atoms with E-state index in [1.807, 2.05) is 6.92 Å². The largest absolute Gasteiger partial charge is 0.389 e. The lowest BCUT2D eigenvalue weighted by atomic mass is 9.97. The van der Waals surface area contributed by atoms with E-state index in [1.165, 1.54) is 25.7 Å². The molecule has 0 aliphatic heterocycles. The van der Waals surface area contributed by atoms with Gasteiger partial charge in [0.1, 0.15) is 0 Å². The molecule has 2 unspecified atom stereocenters. The summed E-state index contributed by atoms with van der Waals surface area (Å²) in [6, 6.07) is 0. The molecule has 0 radical (unpaired) electrons. The van der Waals surface area contributed by atoms with E-state index in [2.05, 4.69) is 26.1 Å². The van der Waals surface area contributed by atoms with Gasteiger partial charge < -0.3 is 10.4 Å². The molecule has 0 aromatic carbocycles. The van der Waals surface area contributed by atoms with Gasteiger partial charge in [-0.3, -0.25) is 0 Å². The SMILES string of the molecule is CCCCC(CC)CNCC(C)(O)CCC. The van der Waals surface area contributed by atoms with Crippen LogP contribution in [0.3, 0.4) is 0 Å². The van der Waals surface area contributed by atoms with Crippen molar-refractivity contribution in [2.45, 2.75) is 71.8 Å². The van der Waals surface area contributed by atoms with Gasteiger partial charge in [-0.1, -0.05) is 46.5 Å². The molecule has 2 heteroatoms. The Balaban J connectivity index is 3.68. The number of rotatable bonds is 10. The van der Waals surface area contributed by atoms with Crippen LogP contribution in [0.15, 0.2) is 0 Å². The molecule has 2 N–H and O–H groups in total. The molecular formula is C14H31NO. The van der Waals surface area contributed by atoms with Crippen molar-refractivity contribution in [2.75, 3.05) is 13.1 Å². The molecule has 0 bridgehead atoms. The minimum atomic E-state index is -0.530. The van der Waals surface area contributed by atoms with E-state index in [0.29, 0.717) is 0 Å². The summed E-state index contributed by atoms with van der Waals surface area (Å²) in [6.07, 6.45) is 7.09. The van der Waals surface area contributed by atoms with Crippen molar-refractivity contribution in [1.29, 1.82) is 0 Å². The number of nitrogens with one attached hydrogen (secondary N) is 1. The van der Waals surface area contributed by atoms with Gasteiger partial charge >= 0.3 is 0 Å². The maximum atomic E-state index is 10.0. The molecule has 0 saturated carbocycles. The first-order valence-electron chi connectivity index (χ1n) is 6.98.